The van der Waals surface area contributed by atoms with Crippen LogP contribution in [0, 0.1) is 5.92 Å². The number of aromatic nitrogens is 1. The molecule has 0 aromatic carbocycles. The summed E-state index contributed by atoms with van der Waals surface area (Å²) >= 11 is 0. The molecule has 2 unspecified atom stereocenters. The highest BCUT2D eigenvalue weighted by atomic mass is 16.1. The van der Waals surface area contributed by atoms with Crippen LogP contribution in [0.4, 0.5) is 0 Å². The Labute approximate surface area is 108 Å². The molecular formula is C15H22N2O. The fraction of sp³-hybridized carbons (Fsp3) is 0.667. The highest BCUT2D eigenvalue weighted by Gasteiger charge is 2.37. The van der Waals surface area contributed by atoms with Gasteiger partial charge in [-0.1, -0.05) is 6.07 Å². The van der Waals surface area contributed by atoms with Crippen LogP contribution < -0.4 is 5.56 Å². The van der Waals surface area contributed by atoms with E-state index in [4.69, 9.17) is 0 Å². The molecule has 0 spiro atoms. The topological polar surface area (TPSA) is 25.2 Å². The summed E-state index contributed by atoms with van der Waals surface area (Å²) in [6.45, 7) is 9.96. The minimum atomic E-state index is 0.173. The van der Waals surface area contributed by atoms with E-state index in [-0.39, 0.29) is 11.1 Å². The van der Waals surface area contributed by atoms with Crippen molar-refractivity contribution >= 4 is 0 Å². The van der Waals surface area contributed by atoms with Gasteiger partial charge in [0.05, 0.1) is 0 Å². The average Bonchev–Trinajstić information content (AvgIpc) is 2.29. The second kappa shape index (κ2) is 3.95. The SMILES string of the molecule is CC(C)(C)N1CC2CC(C1)c1cccc(=O)n1C2. The van der Waals surface area contributed by atoms with E-state index in [1.807, 2.05) is 10.6 Å². The number of likely N-dealkylation sites (tertiary alicyclic amines) is 1. The van der Waals surface area contributed by atoms with Gasteiger partial charge in [-0.2, -0.15) is 0 Å². The van der Waals surface area contributed by atoms with Gasteiger partial charge in [-0.15, -0.1) is 0 Å². The van der Waals surface area contributed by atoms with Crippen molar-refractivity contribution in [3.63, 3.8) is 0 Å². The van der Waals surface area contributed by atoms with Gasteiger partial charge in [0, 0.05) is 42.9 Å². The fourth-order valence-electron chi connectivity index (χ4n) is 3.44. The van der Waals surface area contributed by atoms with Crippen molar-refractivity contribution in [2.45, 2.75) is 45.2 Å². The molecule has 1 saturated heterocycles. The molecule has 2 bridgehead atoms. The number of fused-ring (bicyclic) bond motifs is 4. The number of nitrogens with zero attached hydrogens (tertiary/aromatic N) is 2. The van der Waals surface area contributed by atoms with E-state index < -0.39 is 0 Å². The maximum Gasteiger partial charge on any atom is 0.250 e. The molecule has 3 heteroatoms. The van der Waals surface area contributed by atoms with Gasteiger partial charge in [-0.25, -0.2) is 0 Å². The van der Waals surface area contributed by atoms with E-state index in [2.05, 4.69) is 31.7 Å². The zero-order valence-electron chi connectivity index (χ0n) is 11.5. The Hall–Kier alpha value is -1.09. The predicted octanol–water partition coefficient (Wildman–Crippen LogP) is 2.07. The van der Waals surface area contributed by atoms with E-state index in [9.17, 15) is 4.79 Å². The minimum Gasteiger partial charge on any atom is -0.312 e. The molecule has 1 aromatic heterocycles. The molecule has 2 aliphatic rings. The van der Waals surface area contributed by atoms with E-state index in [1.165, 1.54) is 12.1 Å². The molecule has 0 aliphatic carbocycles. The normalized spacial score (nSPS) is 27.9. The van der Waals surface area contributed by atoms with Crippen LogP contribution in [0.3, 0.4) is 0 Å². The fourth-order valence-corrected chi connectivity index (χ4v) is 3.44. The van der Waals surface area contributed by atoms with Gasteiger partial charge in [0.25, 0.3) is 5.56 Å². The first-order valence-corrected chi connectivity index (χ1v) is 6.90. The van der Waals surface area contributed by atoms with Crippen molar-refractivity contribution in [1.29, 1.82) is 0 Å². The summed E-state index contributed by atoms with van der Waals surface area (Å²) in [4.78, 5) is 14.5. The van der Waals surface area contributed by atoms with Gasteiger partial charge in [0.2, 0.25) is 0 Å². The lowest BCUT2D eigenvalue weighted by Gasteiger charge is -2.48. The van der Waals surface area contributed by atoms with Crippen LogP contribution >= 0.6 is 0 Å². The maximum absolute atomic E-state index is 11.9. The summed E-state index contributed by atoms with van der Waals surface area (Å²) < 4.78 is 2.00. The van der Waals surface area contributed by atoms with Crippen molar-refractivity contribution in [3.05, 3.63) is 34.2 Å². The Morgan fingerprint density at radius 1 is 1.17 bits per heavy atom. The summed E-state index contributed by atoms with van der Waals surface area (Å²) in [6, 6.07) is 5.73. The van der Waals surface area contributed by atoms with E-state index >= 15 is 0 Å². The first-order chi connectivity index (χ1) is 8.45. The molecular weight excluding hydrogens is 224 g/mol. The van der Waals surface area contributed by atoms with Crippen LogP contribution in [0.1, 0.15) is 38.8 Å². The minimum absolute atomic E-state index is 0.173. The maximum atomic E-state index is 11.9. The molecule has 3 heterocycles. The smallest absolute Gasteiger partial charge is 0.250 e. The van der Waals surface area contributed by atoms with Crippen molar-refractivity contribution in [3.8, 4) is 0 Å². The first-order valence-electron chi connectivity index (χ1n) is 6.90. The molecule has 0 saturated carbocycles. The molecule has 2 aliphatic heterocycles. The lowest BCUT2D eigenvalue weighted by Crippen LogP contribution is -2.53. The van der Waals surface area contributed by atoms with Crippen LogP contribution in [0.5, 0.6) is 0 Å². The zero-order valence-corrected chi connectivity index (χ0v) is 11.5. The quantitative estimate of drug-likeness (QED) is 0.700. The van der Waals surface area contributed by atoms with Crippen molar-refractivity contribution < 1.29 is 0 Å². The van der Waals surface area contributed by atoms with E-state index in [0.29, 0.717) is 11.8 Å². The van der Waals surface area contributed by atoms with Gasteiger partial charge in [-0.05, 0) is 39.2 Å². The van der Waals surface area contributed by atoms with Crippen LogP contribution in [0.25, 0.3) is 0 Å². The molecule has 98 valence electrons. The third-order valence-corrected chi connectivity index (χ3v) is 4.43. The van der Waals surface area contributed by atoms with Gasteiger partial charge >= 0.3 is 0 Å². The van der Waals surface area contributed by atoms with E-state index in [1.54, 1.807) is 6.07 Å². The third-order valence-electron chi connectivity index (χ3n) is 4.43. The zero-order chi connectivity index (χ0) is 12.9. The Morgan fingerprint density at radius 2 is 1.94 bits per heavy atom. The molecule has 2 atom stereocenters. The summed E-state index contributed by atoms with van der Waals surface area (Å²) in [6.07, 6.45) is 1.25. The Balaban J connectivity index is 1.97. The first kappa shape index (κ1) is 12.0. The van der Waals surface area contributed by atoms with Gasteiger partial charge in [0.15, 0.2) is 0 Å². The van der Waals surface area contributed by atoms with Crippen LogP contribution in [0.15, 0.2) is 23.0 Å². The van der Waals surface area contributed by atoms with Crippen molar-refractivity contribution in [2.24, 2.45) is 5.92 Å². The number of hydrogen-bond acceptors (Lipinski definition) is 2. The lowest BCUT2D eigenvalue weighted by molar-refractivity contribution is 0.0472. The standard InChI is InChI=1S/C15H22N2O/c1-15(2,3)16-8-11-7-12(10-16)13-5-4-6-14(18)17(13)9-11/h4-6,11-12H,7-10H2,1-3H3. The summed E-state index contributed by atoms with van der Waals surface area (Å²) in [5, 5.41) is 0. The molecule has 3 nitrogen and oxygen atoms in total. The Morgan fingerprint density at radius 3 is 2.67 bits per heavy atom. The lowest BCUT2D eigenvalue weighted by atomic mass is 9.81. The van der Waals surface area contributed by atoms with Gasteiger partial charge in [0.1, 0.15) is 0 Å². The molecule has 18 heavy (non-hydrogen) atoms. The Kier molecular flexibility index (Phi) is 2.63. The highest BCUT2D eigenvalue weighted by molar-refractivity contribution is 5.17. The Bertz CT molecular complexity index is 512. The molecule has 0 radical (unpaired) electrons. The number of pyridine rings is 1. The molecule has 1 aromatic rings. The molecule has 1 fully saturated rings. The second-order valence-electron chi connectivity index (χ2n) is 6.77. The molecule has 0 N–H and O–H groups in total. The number of piperidine rings is 1. The number of hydrogen-bond donors (Lipinski definition) is 0. The molecule has 0 amide bonds. The van der Waals surface area contributed by atoms with E-state index in [0.717, 1.165) is 19.6 Å². The van der Waals surface area contributed by atoms with Crippen molar-refractivity contribution in [1.82, 2.24) is 9.47 Å². The monoisotopic (exact) mass is 246 g/mol. The average molecular weight is 246 g/mol. The summed E-state index contributed by atoms with van der Waals surface area (Å²) in [5.74, 6) is 1.17. The largest absolute Gasteiger partial charge is 0.312 e. The molecule has 3 rings (SSSR count). The second-order valence-corrected chi connectivity index (χ2v) is 6.77. The van der Waals surface area contributed by atoms with Crippen LogP contribution in [0.2, 0.25) is 0 Å². The predicted molar refractivity (Wildman–Crippen MR) is 72.9 cm³/mol. The van der Waals surface area contributed by atoms with Crippen LogP contribution in [-0.2, 0) is 6.54 Å². The van der Waals surface area contributed by atoms with Gasteiger partial charge < -0.3 is 4.57 Å². The summed E-state index contributed by atoms with van der Waals surface area (Å²) in [5.41, 5.74) is 1.65. The van der Waals surface area contributed by atoms with Crippen LogP contribution in [-0.4, -0.2) is 28.1 Å². The van der Waals surface area contributed by atoms with Gasteiger partial charge in [-0.3, -0.25) is 9.69 Å². The third kappa shape index (κ3) is 1.91. The number of rotatable bonds is 0. The summed E-state index contributed by atoms with van der Waals surface area (Å²) in [7, 11) is 0. The highest BCUT2D eigenvalue weighted by Crippen LogP contribution is 2.37. The van der Waals surface area contributed by atoms with Crippen molar-refractivity contribution in [2.75, 3.05) is 13.1 Å².